The smallest absolute Gasteiger partial charge is 0.388 e. The van der Waals surface area contributed by atoms with E-state index in [1.165, 1.54) is 0 Å². The molecule has 1 rings (SSSR count). The summed E-state index contributed by atoms with van der Waals surface area (Å²) in [7, 11) is 0. The molecule has 1 unspecified atom stereocenters. The Morgan fingerprint density at radius 3 is 2.38 bits per heavy atom. The number of nitrogens with zero attached hydrogens (tertiary/aromatic N) is 1. The van der Waals surface area contributed by atoms with Crippen molar-refractivity contribution in [1.82, 2.24) is 0 Å². The molecule has 0 heterocycles. The van der Waals surface area contributed by atoms with Crippen molar-refractivity contribution in [3.8, 4) is 0 Å². The molecule has 0 aromatic heterocycles. The van der Waals surface area contributed by atoms with Crippen LogP contribution >= 0.6 is 0 Å². The van der Waals surface area contributed by atoms with Crippen LogP contribution in [0.4, 0.5) is 24.5 Å². The second-order valence-corrected chi connectivity index (χ2v) is 5.35. The van der Waals surface area contributed by atoms with E-state index in [4.69, 9.17) is 0 Å². The lowest BCUT2D eigenvalue weighted by Crippen LogP contribution is -2.38. The quantitative estimate of drug-likeness (QED) is 0.645. The second kappa shape index (κ2) is 5.88. The highest BCUT2D eigenvalue weighted by molar-refractivity contribution is 5.63. The van der Waals surface area contributed by atoms with Crippen LogP contribution in [0.2, 0.25) is 0 Å². The van der Waals surface area contributed by atoms with Crippen LogP contribution < -0.4 is 5.32 Å². The third-order valence-corrected chi connectivity index (χ3v) is 3.40. The maximum absolute atomic E-state index is 12.6. The van der Waals surface area contributed by atoms with Gasteiger partial charge in [-0.1, -0.05) is 13.8 Å². The average molecular weight is 306 g/mol. The number of nitro benzene ring substituents is 1. The van der Waals surface area contributed by atoms with Crippen molar-refractivity contribution in [2.45, 2.75) is 32.5 Å². The van der Waals surface area contributed by atoms with E-state index in [9.17, 15) is 28.4 Å². The van der Waals surface area contributed by atoms with Crippen molar-refractivity contribution in [3.05, 3.63) is 33.9 Å². The Bertz CT molecular complexity index is 528. The number of aliphatic hydroxyl groups is 1. The molecule has 8 heteroatoms. The molecule has 0 saturated carbocycles. The van der Waals surface area contributed by atoms with Crippen molar-refractivity contribution in [3.63, 3.8) is 0 Å². The normalized spacial score (nSPS) is 14.9. The first kappa shape index (κ1) is 17.2. The van der Waals surface area contributed by atoms with Crippen LogP contribution in [0.5, 0.6) is 0 Å². The number of rotatable bonds is 5. The summed E-state index contributed by atoms with van der Waals surface area (Å²) in [5.74, 6) is -0.126. The van der Waals surface area contributed by atoms with Crippen LogP contribution in [0, 0.1) is 16.0 Å². The van der Waals surface area contributed by atoms with Crippen LogP contribution in [-0.2, 0) is 6.18 Å². The first-order valence-corrected chi connectivity index (χ1v) is 6.27. The predicted molar refractivity (Wildman–Crippen MR) is 72.0 cm³/mol. The van der Waals surface area contributed by atoms with E-state index in [-0.39, 0.29) is 18.2 Å². The van der Waals surface area contributed by atoms with Gasteiger partial charge in [0.1, 0.15) is 5.69 Å². The topological polar surface area (TPSA) is 75.4 Å². The van der Waals surface area contributed by atoms with Gasteiger partial charge >= 0.3 is 6.18 Å². The van der Waals surface area contributed by atoms with E-state index in [1.807, 2.05) is 0 Å². The van der Waals surface area contributed by atoms with Gasteiger partial charge in [-0.15, -0.1) is 0 Å². The highest BCUT2D eigenvalue weighted by Gasteiger charge is 2.33. The van der Waals surface area contributed by atoms with Gasteiger partial charge in [-0.3, -0.25) is 10.1 Å². The van der Waals surface area contributed by atoms with Gasteiger partial charge in [-0.25, -0.2) is 0 Å². The monoisotopic (exact) mass is 306 g/mol. The van der Waals surface area contributed by atoms with Crippen LogP contribution in [0.3, 0.4) is 0 Å². The van der Waals surface area contributed by atoms with E-state index in [2.05, 4.69) is 5.32 Å². The minimum atomic E-state index is -4.65. The molecule has 1 aromatic rings. The average Bonchev–Trinajstić information content (AvgIpc) is 2.34. The fourth-order valence-corrected chi connectivity index (χ4v) is 1.49. The molecule has 2 N–H and O–H groups in total. The number of benzene rings is 1. The standard InChI is InChI=1S/C13H17F3N2O3/c1-8(2)12(3,19)7-17-10-5-4-9(13(14,15)16)6-11(10)18(20)21/h4-6,8,17,19H,7H2,1-3H3. The van der Waals surface area contributed by atoms with Gasteiger partial charge in [0.2, 0.25) is 0 Å². The summed E-state index contributed by atoms with van der Waals surface area (Å²) in [6.07, 6.45) is -4.65. The summed E-state index contributed by atoms with van der Waals surface area (Å²) in [5, 5.41) is 23.6. The minimum absolute atomic E-state index is 0.0170. The van der Waals surface area contributed by atoms with Crippen molar-refractivity contribution in [1.29, 1.82) is 0 Å². The fraction of sp³-hybridized carbons (Fsp3) is 0.538. The molecule has 21 heavy (non-hydrogen) atoms. The number of halogens is 3. The zero-order valence-electron chi connectivity index (χ0n) is 11.9. The lowest BCUT2D eigenvalue weighted by atomic mass is 9.92. The molecule has 5 nitrogen and oxygen atoms in total. The van der Waals surface area contributed by atoms with Crippen molar-refractivity contribution < 1.29 is 23.2 Å². The van der Waals surface area contributed by atoms with Gasteiger partial charge in [0.25, 0.3) is 5.69 Å². The van der Waals surface area contributed by atoms with Gasteiger partial charge in [0.05, 0.1) is 16.1 Å². The van der Waals surface area contributed by atoms with Crippen LogP contribution in [0.25, 0.3) is 0 Å². The fourth-order valence-electron chi connectivity index (χ4n) is 1.49. The molecule has 0 aliphatic rings. The van der Waals surface area contributed by atoms with E-state index in [0.717, 1.165) is 12.1 Å². The van der Waals surface area contributed by atoms with Gasteiger partial charge in [-0.05, 0) is 25.0 Å². The lowest BCUT2D eigenvalue weighted by molar-refractivity contribution is -0.384. The van der Waals surface area contributed by atoms with E-state index < -0.39 is 28.0 Å². The Labute approximate surface area is 119 Å². The largest absolute Gasteiger partial charge is 0.416 e. The molecule has 0 bridgehead atoms. The number of nitrogens with one attached hydrogen (secondary N) is 1. The Kier molecular flexibility index (Phi) is 4.83. The molecular formula is C13H17F3N2O3. The van der Waals surface area contributed by atoms with Crippen molar-refractivity contribution in [2.24, 2.45) is 5.92 Å². The van der Waals surface area contributed by atoms with Gasteiger partial charge in [0, 0.05) is 12.6 Å². The highest BCUT2D eigenvalue weighted by Crippen LogP contribution is 2.35. The summed E-state index contributed by atoms with van der Waals surface area (Å²) in [5.41, 5.74) is -2.97. The zero-order chi connectivity index (χ0) is 16.4. The minimum Gasteiger partial charge on any atom is -0.388 e. The van der Waals surface area contributed by atoms with Gasteiger partial charge in [0.15, 0.2) is 0 Å². The third kappa shape index (κ3) is 4.32. The number of alkyl halides is 3. The molecule has 0 aliphatic carbocycles. The van der Waals surface area contributed by atoms with Gasteiger partial charge < -0.3 is 10.4 Å². The molecule has 1 atom stereocenters. The summed E-state index contributed by atoms with van der Waals surface area (Å²) in [6.45, 7) is 5.06. The summed E-state index contributed by atoms with van der Waals surface area (Å²) in [6, 6.07) is 2.24. The van der Waals surface area contributed by atoms with Crippen molar-refractivity contribution in [2.75, 3.05) is 11.9 Å². The summed E-state index contributed by atoms with van der Waals surface area (Å²) in [4.78, 5) is 10.0. The molecule has 118 valence electrons. The summed E-state index contributed by atoms with van der Waals surface area (Å²) >= 11 is 0. The summed E-state index contributed by atoms with van der Waals surface area (Å²) < 4.78 is 37.7. The number of nitro groups is 1. The SMILES string of the molecule is CC(C)C(C)(O)CNc1ccc(C(F)(F)F)cc1[N+](=O)[O-]. The number of hydrogen-bond acceptors (Lipinski definition) is 4. The molecule has 0 spiro atoms. The maximum Gasteiger partial charge on any atom is 0.416 e. The Morgan fingerprint density at radius 2 is 1.95 bits per heavy atom. The van der Waals surface area contributed by atoms with Crippen molar-refractivity contribution >= 4 is 11.4 Å². The maximum atomic E-state index is 12.6. The molecule has 0 amide bonds. The van der Waals surface area contributed by atoms with Crippen LogP contribution in [-0.4, -0.2) is 22.2 Å². The Morgan fingerprint density at radius 1 is 1.38 bits per heavy atom. The second-order valence-electron chi connectivity index (χ2n) is 5.35. The Balaban J connectivity index is 3.06. The zero-order valence-corrected chi connectivity index (χ0v) is 11.9. The third-order valence-electron chi connectivity index (χ3n) is 3.40. The Hall–Kier alpha value is -1.83. The number of hydrogen-bond donors (Lipinski definition) is 2. The van der Waals surface area contributed by atoms with E-state index in [0.29, 0.717) is 6.07 Å². The van der Waals surface area contributed by atoms with E-state index in [1.54, 1.807) is 20.8 Å². The molecule has 0 aliphatic heterocycles. The first-order valence-electron chi connectivity index (χ1n) is 6.27. The molecule has 1 aromatic carbocycles. The van der Waals surface area contributed by atoms with Crippen LogP contribution in [0.15, 0.2) is 18.2 Å². The molecule has 0 saturated heterocycles. The van der Waals surface area contributed by atoms with E-state index >= 15 is 0 Å². The lowest BCUT2D eigenvalue weighted by Gasteiger charge is -2.28. The van der Waals surface area contributed by atoms with Gasteiger partial charge in [-0.2, -0.15) is 13.2 Å². The molecule has 0 radical (unpaired) electrons. The first-order chi connectivity index (χ1) is 9.45. The molecule has 0 fully saturated rings. The predicted octanol–water partition coefficient (Wildman–Crippen LogP) is 3.43. The molecular weight excluding hydrogens is 289 g/mol. The highest BCUT2D eigenvalue weighted by atomic mass is 19.4. The van der Waals surface area contributed by atoms with Crippen LogP contribution in [0.1, 0.15) is 26.3 Å². The number of anilines is 1.